The van der Waals surface area contributed by atoms with Crippen molar-refractivity contribution < 1.29 is 17.9 Å². The largest absolute Gasteiger partial charge is 0.573 e. The summed E-state index contributed by atoms with van der Waals surface area (Å²) in [5, 5.41) is 5.37. The number of nitrogens with one attached hydrogen (secondary N) is 1. The Hall–Kier alpha value is -1.53. The van der Waals surface area contributed by atoms with E-state index >= 15 is 0 Å². The molecule has 1 heterocycles. The summed E-state index contributed by atoms with van der Waals surface area (Å²) >= 11 is 1.63. The zero-order valence-corrected chi connectivity index (χ0v) is 12.5. The van der Waals surface area contributed by atoms with Crippen molar-refractivity contribution in [3.05, 3.63) is 51.7 Å². The number of rotatable bonds is 5. The second kappa shape index (κ2) is 6.49. The lowest BCUT2D eigenvalue weighted by molar-refractivity contribution is -0.274. The molecule has 1 aromatic carbocycles. The van der Waals surface area contributed by atoms with Gasteiger partial charge in [-0.15, -0.1) is 24.5 Å². The maximum absolute atomic E-state index is 12.2. The van der Waals surface area contributed by atoms with Crippen LogP contribution < -0.4 is 10.1 Å². The normalized spacial score (nSPS) is 13.2. The summed E-state index contributed by atoms with van der Waals surface area (Å²) in [6, 6.07) is 8.02. The first kappa shape index (κ1) is 15.9. The summed E-state index contributed by atoms with van der Waals surface area (Å²) in [6.07, 6.45) is -4.66. The van der Waals surface area contributed by atoms with Crippen molar-refractivity contribution >= 4 is 11.3 Å². The van der Waals surface area contributed by atoms with Crippen LogP contribution in [0.4, 0.5) is 13.2 Å². The second-order valence-electron chi connectivity index (χ2n) is 4.58. The Morgan fingerprint density at radius 1 is 1.19 bits per heavy atom. The van der Waals surface area contributed by atoms with Gasteiger partial charge in [-0.3, -0.25) is 0 Å². The Balaban J connectivity index is 2.24. The molecule has 1 unspecified atom stereocenters. The van der Waals surface area contributed by atoms with Crippen LogP contribution in [-0.2, 0) is 0 Å². The molecule has 114 valence electrons. The van der Waals surface area contributed by atoms with Crippen LogP contribution in [-0.4, -0.2) is 12.9 Å². The Morgan fingerprint density at radius 3 is 2.33 bits per heavy atom. The molecule has 2 aromatic rings. The van der Waals surface area contributed by atoms with Crippen molar-refractivity contribution in [3.8, 4) is 5.75 Å². The maximum atomic E-state index is 12.2. The highest BCUT2D eigenvalue weighted by Crippen LogP contribution is 2.31. The van der Waals surface area contributed by atoms with Crippen molar-refractivity contribution in [1.82, 2.24) is 5.32 Å². The van der Waals surface area contributed by atoms with Crippen LogP contribution in [0.15, 0.2) is 35.7 Å². The lowest BCUT2D eigenvalue weighted by Gasteiger charge is -2.19. The van der Waals surface area contributed by atoms with Gasteiger partial charge in [-0.2, -0.15) is 0 Å². The number of thiophene rings is 1. The van der Waals surface area contributed by atoms with Crippen molar-refractivity contribution in [2.24, 2.45) is 0 Å². The Morgan fingerprint density at radius 2 is 1.86 bits per heavy atom. The lowest BCUT2D eigenvalue weighted by atomic mass is 10.0. The molecule has 0 fully saturated rings. The van der Waals surface area contributed by atoms with E-state index in [4.69, 9.17) is 0 Å². The third-order valence-electron chi connectivity index (χ3n) is 3.02. The summed E-state index contributed by atoms with van der Waals surface area (Å²) in [4.78, 5) is 1.17. The SMILES string of the molecule is CCNC(c1ccc(OC(F)(F)F)cc1)c1sccc1C. The fourth-order valence-corrected chi connectivity index (χ4v) is 3.14. The Bertz CT molecular complexity index is 577. The van der Waals surface area contributed by atoms with E-state index in [0.29, 0.717) is 0 Å². The minimum atomic E-state index is -4.66. The van der Waals surface area contributed by atoms with Gasteiger partial charge in [-0.25, -0.2) is 0 Å². The third-order valence-corrected chi connectivity index (χ3v) is 4.10. The van der Waals surface area contributed by atoms with Gasteiger partial charge in [-0.1, -0.05) is 19.1 Å². The van der Waals surface area contributed by atoms with Crippen LogP contribution in [0.5, 0.6) is 5.75 Å². The standard InChI is InChI=1S/C15H16F3NOS/c1-3-19-13(14-10(2)8-9-21-14)11-4-6-12(7-5-11)20-15(16,17)18/h4-9,13,19H,3H2,1-2H3. The smallest absolute Gasteiger partial charge is 0.406 e. The van der Waals surface area contributed by atoms with Gasteiger partial charge in [0.25, 0.3) is 0 Å². The molecule has 21 heavy (non-hydrogen) atoms. The van der Waals surface area contributed by atoms with E-state index in [1.807, 2.05) is 25.3 Å². The molecule has 0 aliphatic carbocycles. The molecule has 1 N–H and O–H groups in total. The summed E-state index contributed by atoms with van der Waals surface area (Å²) in [7, 11) is 0. The lowest BCUT2D eigenvalue weighted by Crippen LogP contribution is -2.22. The van der Waals surface area contributed by atoms with E-state index in [0.717, 1.165) is 12.1 Å². The third kappa shape index (κ3) is 4.22. The predicted molar refractivity (Wildman–Crippen MR) is 77.7 cm³/mol. The molecule has 2 nitrogen and oxygen atoms in total. The van der Waals surface area contributed by atoms with E-state index in [1.54, 1.807) is 23.5 Å². The fourth-order valence-electron chi connectivity index (χ4n) is 2.11. The van der Waals surface area contributed by atoms with Crippen LogP contribution in [0, 0.1) is 6.92 Å². The molecule has 0 amide bonds. The van der Waals surface area contributed by atoms with Gasteiger partial charge >= 0.3 is 6.36 Å². The molecule has 0 spiro atoms. The van der Waals surface area contributed by atoms with Crippen molar-refractivity contribution in [3.63, 3.8) is 0 Å². The number of hydrogen-bond acceptors (Lipinski definition) is 3. The molecule has 6 heteroatoms. The van der Waals surface area contributed by atoms with E-state index in [9.17, 15) is 13.2 Å². The summed E-state index contributed by atoms with van der Waals surface area (Å²) in [6.45, 7) is 4.79. The van der Waals surface area contributed by atoms with Crippen LogP contribution in [0.3, 0.4) is 0 Å². The quantitative estimate of drug-likeness (QED) is 0.867. The average Bonchev–Trinajstić information content (AvgIpc) is 2.81. The highest BCUT2D eigenvalue weighted by Gasteiger charge is 2.31. The van der Waals surface area contributed by atoms with Crippen LogP contribution in [0.2, 0.25) is 0 Å². The number of halogens is 3. The summed E-state index contributed by atoms with van der Waals surface area (Å²) < 4.78 is 40.4. The molecular weight excluding hydrogens is 299 g/mol. The van der Waals surface area contributed by atoms with Gasteiger partial charge in [-0.05, 0) is 48.2 Å². The van der Waals surface area contributed by atoms with Crippen LogP contribution in [0.1, 0.15) is 29.0 Å². The Kier molecular flexibility index (Phi) is 4.90. The van der Waals surface area contributed by atoms with Gasteiger partial charge in [0.2, 0.25) is 0 Å². The Labute approximate surface area is 125 Å². The molecule has 0 saturated heterocycles. The first-order valence-electron chi connectivity index (χ1n) is 6.54. The average molecular weight is 315 g/mol. The van der Waals surface area contributed by atoms with E-state index in [1.165, 1.54) is 22.6 Å². The number of benzene rings is 1. The van der Waals surface area contributed by atoms with Crippen LogP contribution >= 0.6 is 11.3 Å². The fraction of sp³-hybridized carbons (Fsp3) is 0.333. The van der Waals surface area contributed by atoms with Crippen molar-refractivity contribution in [1.29, 1.82) is 0 Å². The first-order chi connectivity index (χ1) is 9.90. The van der Waals surface area contributed by atoms with Crippen LogP contribution in [0.25, 0.3) is 0 Å². The minimum absolute atomic E-state index is 0.0186. The summed E-state index contributed by atoms with van der Waals surface area (Å²) in [5.74, 6) is -0.204. The zero-order chi connectivity index (χ0) is 15.5. The summed E-state index contributed by atoms with van der Waals surface area (Å²) in [5.41, 5.74) is 2.08. The highest BCUT2D eigenvalue weighted by atomic mass is 32.1. The molecule has 2 rings (SSSR count). The topological polar surface area (TPSA) is 21.3 Å². The van der Waals surface area contributed by atoms with E-state index < -0.39 is 6.36 Å². The minimum Gasteiger partial charge on any atom is -0.406 e. The van der Waals surface area contributed by atoms with Gasteiger partial charge in [0.05, 0.1) is 6.04 Å². The van der Waals surface area contributed by atoms with Gasteiger partial charge < -0.3 is 10.1 Å². The molecule has 0 radical (unpaired) electrons. The molecule has 0 aliphatic heterocycles. The highest BCUT2D eigenvalue weighted by molar-refractivity contribution is 7.10. The molecular formula is C15H16F3NOS. The van der Waals surface area contributed by atoms with E-state index in [-0.39, 0.29) is 11.8 Å². The van der Waals surface area contributed by atoms with Crippen molar-refractivity contribution in [2.45, 2.75) is 26.3 Å². The van der Waals surface area contributed by atoms with Gasteiger partial charge in [0, 0.05) is 4.88 Å². The van der Waals surface area contributed by atoms with Gasteiger partial charge in [0.1, 0.15) is 5.75 Å². The molecule has 1 atom stereocenters. The monoisotopic (exact) mass is 315 g/mol. The van der Waals surface area contributed by atoms with Crippen molar-refractivity contribution in [2.75, 3.05) is 6.54 Å². The maximum Gasteiger partial charge on any atom is 0.573 e. The number of ether oxygens (including phenoxy) is 1. The molecule has 0 aliphatic rings. The molecule has 0 bridgehead atoms. The number of aryl methyl sites for hydroxylation is 1. The molecule has 0 saturated carbocycles. The van der Waals surface area contributed by atoms with E-state index in [2.05, 4.69) is 10.1 Å². The first-order valence-corrected chi connectivity index (χ1v) is 7.41. The second-order valence-corrected chi connectivity index (χ2v) is 5.52. The predicted octanol–water partition coefficient (Wildman–Crippen LogP) is 4.65. The molecule has 1 aromatic heterocycles. The number of alkyl halides is 3. The number of hydrogen-bond donors (Lipinski definition) is 1. The van der Waals surface area contributed by atoms with Gasteiger partial charge in [0.15, 0.2) is 0 Å². The zero-order valence-electron chi connectivity index (χ0n) is 11.7.